The van der Waals surface area contributed by atoms with Crippen molar-refractivity contribution in [1.29, 1.82) is 0 Å². The zero-order valence-electron chi connectivity index (χ0n) is 9.91. The van der Waals surface area contributed by atoms with E-state index in [-0.39, 0.29) is 37.6 Å². The molecule has 5 nitrogen and oxygen atoms in total. The van der Waals surface area contributed by atoms with Gasteiger partial charge in [0.25, 0.3) is 0 Å². The van der Waals surface area contributed by atoms with E-state index in [0.717, 1.165) is 18.2 Å². The van der Waals surface area contributed by atoms with Crippen LogP contribution in [0, 0.1) is 11.6 Å². The third-order valence-corrected chi connectivity index (χ3v) is 2.12. The molecule has 0 bridgehead atoms. The molecular weight excluding hydrogens is 280 g/mol. The van der Waals surface area contributed by atoms with Gasteiger partial charge in [0.2, 0.25) is 11.8 Å². The molecule has 0 aliphatic carbocycles. The summed E-state index contributed by atoms with van der Waals surface area (Å²) >= 11 is 0. The average Bonchev–Trinajstić information content (AvgIpc) is 2.36. The monoisotopic (exact) mass is 293 g/mol. The first-order valence-corrected chi connectivity index (χ1v) is 5.20. The second-order valence-corrected chi connectivity index (χ2v) is 3.49. The van der Waals surface area contributed by atoms with Crippen molar-refractivity contribution in [3.63, 3.8) is 0 Å². The molecule has 0 fully saturated rings. The SMILES string of the molecule is Cl.NCC(=O)NCC(=O)NCc1cc(F)ccc1F. The molecule has 106 valence electrons. The van der Waals surface area contributed by atoms with Crippen molar-refractivity contribution in [3.05, 3.63) is 35.4 Å². The number of carbonyl (C=O) groups excluding carboxylic acids is 2. The molecule has 0 aromatic heterocycles. The molecule has 4 N–H and O–H groups in total. The summed E-state index contributed by atoms with van der Waals surface area (Å²) in [6.45, 7) is -0.625. The maximum absolute atomic E-state index is 13.2. The fourth-order valence-electron chi connectivity index (χ4n) is 1.19. The van der Waals surface area contributed by atoms with Gasteiger partial charge in [0.05, 0.1) is 13.1 Å². The van der Waals surface area contributed by atoms with Crippen LogP contribution < -0.4 is 16.4 Å². The summed E-state index contributed by atoms with van der Waals surface area (Å²) in [5.41, 5.74) is 5.06. The summed E-state index contributed by atoms with van der Waals surface area (Å²) in [7, 11) is 0. The predicted octanol–water partition coefficient (Wildman–Crippen LogP) is 0.0777. The number of amides is 2. The summed E-state index contributed by atoms with van der Waals surface area (Å²) in [4.78, 5) is 22.0. The highest BCUT2D eigenvalue weighted by Gasteiger charge is 2.07. The number of benzene rings is 1. The van der Waals surface area contributed by atoms with Crippen LogP contribution in [0.15, 0.2) is 18.2 Å². The van der Waals surface area contributed by atoms with Gasteiger partial charge >= 0.3 is 0 Å². The molecule has 19 heavy (non-hydrogen) atoms. The van der Waals surface area contributed by atoms with Gasteiger partial charge in [0.15, 0.2) is 0 Å². The maximum Gasteiger partial charge on any atom is 0.239 e. The predicted molar refractivity (Wildman–Crippen MR) is 67.5 cm³/mol. The molecule has 2 amide bonds. The Balaban J connectivity index is 0.00000324. The first kappa shape index (κ1) is 17.3. The van der Waals surface area contributed by atoms with Crippen molar-refractivity contribution < 1.29 is 18.4 Å². The quantitative estimate of drug-likeness (QED) is 0.719. The largest absolute Gasteiger partial charge is 0.350 e. The number of nitrogens with two attached hydrogens (primary N) is 1. The summed E-state index contributed by atoms with van der Waals surface area (Å²) in [6.07, 6.45) is 0. The number of hydrogen-bond donors (Lipinski definition) is 3. The Bertz CT molecular complexity index is 458. The van der Waals surface area contributed by atoms with Gasteiger partial charge in [-0.05, 0) is 18.2 Å². The van der Waals surface area contributed by atoms with Crippen LogP contribution in [0.5, 0.6) is 0 Å². The Labute approximate surface area is 115 Å². The minimum Gasteiger partial charge on any atom is -0.350 e. The Morgan fingerprint density at radius 1 is 1.16 bits per heavy atom. The van der Waals surface area contributed by atoms with Crippen LogP contribution in [-0.2, 0) is 16.1 Å². The molecule has 0 radical (unpaired) electrons. The maximum atomic E-state index is 13.2. The summed E-state index contributed by atoms with van der Waals surface area (Å²) < 4.78 is 26.0. The minimum absolute atomic E-state index is 0. The van der Waals surface area contributed by atoms with Gasteiger partial charge in [0, 0.05) is 12.1 Å². The molecule has 8 heteroatoms. The van der Waals surface area contributed by atoms with E-state index in [1.54, 1.807) is 0 Å². The van der Waals surface area contributed by atoms with Crippen molar-refractivity contribution >= 4 is 24.2 Å². The average molecular weight is 294 g/mol. The molecule has 0 aliphatic heterocycles. The van der Waals surface area contributed by atoms with E-state index in [2.05, 4.69) is 10.6 Å². The second kappa shape index (κ2) is 8.39. The third kappa shape index (κ3) is 6.12. The van der Waals surface area contributed by atoms with Crippen molar-refractivity contribution in [3.8, 4) is 0 Å². The summed E-state index contributed by atoms with van der Waals surface area (Å²) in [5, 5.41) is 4.60. The zero-order valence-corrected chi connectivity index (χ0v) is 10.7. The van der Waals surface area contributed by atoms with Crippen molar-refractivity contribution in [2.75, 3.05) is 13.1 Å². The number of carbonyl (C=O) groups is 2. The highest BCUT2D eigenvalue weighted by atomic mass is 35.5. The Morgan fingerprint density at radius 2 is 1.84 bits per heavy atom. The molecule has 0 saturated carbocycles. The lowest BCUT2D eigenvalue weighted by Gasteiger charge is -2.07. The number of nitrogens with one attached hydrogen (secondary N) is 2. The van der Waals surface area contributed by atoms with Gasteiger partial charge in [-0.25, -0.2) is 8.78 Å². The lowest BCUT2D eigenvalue weighted by atomic mass is 10.2. The summed E-state index contributed by atoms with van der Waals surface area (Å²) in [5.74, 6) is -2.18. The molecule has 1 aromatic rings. The Kier molecular flexibility index (Phi) is 7.62. The van der Waals surface area contributed by atoms with Crippen LogP contribution in [0.3, 0.4) is 0 Å². The lowest BCUT2D eigenvalue weighted by Crippen LogP contribution is -2.39. The van der Waals surface area contributed by atoms with Crippen LogP contribution in [0.25, 0.3) is 0 Å². The van der Waals surface area contributed by atoms with E-state index in [1.165, 1.54) is 0 Å². The smallest absolute Gasteiger partial charge is 0.239 e. The molecule has 0 atom stereocenters. The second-order valence-electron chi connectivity index (χ2n) is 3.49. The van der Waals surface area contributed by atoms with Crippen molar-refractivity contribution in [2.24, 2.45) is 5.73 Å². The van der Waals surface area contributed by atoms with Gasteiger partial charge in [-0.15, -0.1) is 12.4 Å². The summed E-state index contributed by atoms with van der Waals surface area (Å²) in [6, 6.07) is 2.96. The first-order valence-electron chi connectivity index (χ1n) is 5.20. The van der Waals surface area contributed by atoms with Gasteiger partial charge in [-0.3, -0.25) is 9.59 Å². The molecule has 1 aromatic carbocycles. The van der Waals surface area contributed by atoms with Crippen molar-refractivity contribution in [1.82, 2.24) is 10.6 Å². The van der Waals surface area contributed by atoms with E-state index in [1.807, 2.05) is 0 Å². The van der Waals surface area contributed by atoms with Crippen LogP contribution in [-0.4, -0.2) is 24.9 Å². The standard InChI is InChI=1S/C11H13F2N3O2.ClH/c12-8-1-2-9(13)7(3-8)5-15-11(18)6-16-10(17)4-14;/h1-3H,4-6,14H2,(H,15,18)(H,16,17);1H. The number of rotatable bonds is 5. The van der Waals surface area contributed by atoms with E-state index in [4.69, 9.17) is 5.73 Å². The highest BCUT2D eigenvalue weighted by molar-refractivity contribution is 5.85. The fraction of sp³-hybridized carbons (Fsp3) is 0.273. The molecule has 0 spiro atoms. The zero-order chi connectivity index (χ0) is 13.5. The van der Waals surface area contributed by atoms with E-state index < -0.39 is 23.4 Å². The van der Waals surface area contributed by atoms with Gasteiger partial charge < -0.3 is 16.4 Å². The van der Waals surface area contributed by atoms with Crippen LogP contribution in [0.2, 0.25) is 0 Å². The fourth-order valence-corrected chi connectivity index (χ4v) is 1.19. The van der Waals surface area contributed by atoms with E-state index in [0.29, 0.717) is 0 Å². The van der Waals surface area contributed by atoms with Crippen LogP contribution in [0.4, 0.5) is 8.78 Å². The first-order chi connectivity index (χ1) is 8.52. The Hall–Kier alpha value is -1.73. The topological polar surface area (TPSA) is 84.2 Å². The minimum atomic E-state index is -0.609. The Morgan fingerprint density at radius 3 is 2.47 bits per heavy atom. The lowest BCUT2D eigenvalue weighted by molar-refractivity contribution is -0.125. The molecule has 0 heterocycles. The van der Waals surface area contributed by atoms with Gasteiger partial charge in [0.1, 0.15) is 11.6 Å². The van der Waals surface area contributed by atoms with E-state index in [9.17, 15) is 18.4 Å². The normalized spacial score (nSPS) is 9.42. The number of halogens is 3. The molecule has 0 saturated heterocycles. The van der Waals surface area contributed by atoms with Crippen molar-refractivity contribution in [2.45, 2.75) is 6.54 Å². The van der Waals surface area contributed by atoms with Crippen LogP contribution in [0.1, 0.15) is 5.56 Å². The van der Waals surface area contributed by atoms with Gasteiger partial charge in [-0.1, -0.05) is 0 Å². The molecule has 1 rings (SSSR count). The van der Waals surface area contributed by atoms with E-state index >= 15 is 0 Å². The molecule has 0 unspecified atom stereocenters. The van der Waals surface area contributed by atoms with Gasteiger partial charge in [-0.2, -0.15) is 0 Å². The number of hydrogen-bond acceptors (Lipinski definition) is 3. The highest BCUT2D eigenvalue weighted by Crippen LogP contribution is 2.08. The molecule has 0 aliphatic rings. The van der Waals surface area contributed by atoms with Crippen LogP contribution >= 0.6 is 12.4 Å². The third-order valence-electron chi connectivity index (χ3n) is 2.12. The molecular formula is C11H14ClF2N3O2.